The zero-order chi connectivity index (χ0) is 17.9. The number of nitrogens with one attached hydrogen (secondary N) is 1. The quantitative estimate of drug-likeness (QED) is 0.597. The van der Waals surface area contributed by atoms with Crippen LogP contribution in [0.1, 0.15) is 62.3 Å². The van der Waals surface area contributed by atoms with E-state index in [1.165, 1.54) is 0 Å². The van der Waals surface area contributed by atoms with Gasteiger partial charge in [0, 0.05) is 5.54 Å². The van der Waals surface area contributed by atoms with Gasteiger partial charge in [-0.15, -0.1) is 0 Å². The summed E-state index contributed by atoms with van der Waals surface area (Å²) >= 11 is 0. The second-order valence-electron chi connectivity index (χ2n) is 10.0. The van der Waals surface area contributed by atoms with E-state index in [1.807, 2.05) is 0 Å². The molecule has 0 amide bonds. The zero-order valence-corrected chi connectivity index (χ0v) is 18.4. The van der Waals surface area contributed by atoms with Gasteiger partial charge in [-0.05, 0) is 88.8 Å². The Morgan fingerprint density at radius 2 is 1.22 bits per heavy atom. The van der Waals surface area contributed by atoms with Gasteiger partial charge in [0.05, 0.1) is 0 Å². The van der Waals surface area contributed by atoms with Crippen LogP contribution in [-0.2, 0) is 0 Å². The molecule has 2 rings (SSSR count). The minimum atomic E-state index is -1.55. The highest BCUT2D eigenvalue weighted by atomic mass is 28.3. The molecule has 0 aliphatic heterocycles. The van der Waals surface area contributed by atoms with Gasteiger partial charge < -0.3 is 4.98 Å². The predicted molar refractivity (Wildman–Crippen MR) is 106 cm³/mol. The summed E-state index contributed by atoms with van der Waals surface area (Å²) in [5.74, 6) is 3.09. The Kier molecular flexibility index (Phi) is 4.85. The minimum Gasteiger partial charge on any atom is -0.332 e. The highest BCUT2D eigenvalue weighted by molar-refractivity contribution is 6.76. The van der Waals surface area contributed by atoms with Gasteiger partial charge in [-0.1, -0.05) is 38.1 Å². The van der Waals surface area contributed by atoms with Gasteiger partial charge in [-0.2, -0.15) is 0 Å². The number of allylic oxidation sites excluding steroid dienone is 4. The SMILES string of the molecule is CC1=C(C)C2C(C)C(C)C([Si](C)(C)NC(C)(C)C)C2C(C)=C1C. The Hall–Kier alpha value is -0.343. The van der Waals surface area contributed by atoms with Crippen molar-refractivity contribution < 1.29 is 0 Å². The minimum absolute atomic E-state index is 0.207. The van der Waals surface area contributed by atoms with Gasteiger partial charge in [-0.25, -0.2) is 0 Å². The fourth-order valence-corrected chi connectivity index (χ4v) is 11.1. The first-order valence-electron chi connectivity index (χ1n) is 9.44. The molecule has 2 aliphatic carbocycles. The van der Waals surface area contributed by atoms with Crippen molar-refractivity contribution in [2.45, 2.75) is 86.5 Å². The van der Waals surface area contributed by atoms with Crippen LogP contribution in [0, 0.1) is 23.7 Å². The molecule has 2 aliphatic rings. The molecule has 1 saturated carbocycles. The highest BCUT2D eigenvalue weighted by Gasteiger charge is 2.55. The summed E-state index contributed by atoms with van der Waals surface area (Å²) in [6, 6.07) is 0. The van der Waals surface area contributed by atoms with Crippen molar-refractivity contribution >= 4 is 8.24 Å². The van der Waals surface area contributed by atoms with Crippen molar-refractivity contribution in [3.8, 4) is 0 Å². The molecule has 2 heteroatoms. The maximum Gasteiger partial charge on any atom is 0.123 e. The third kappa shape index (κ3) is 3.14. The first kappa shape index (κ1) is 19.0. The summed E-state index contributed by atoms with van der Waals surface area (Å²) in [5.41, 5.74) is 7.50. The molecular weight excluding hydrogens is 294 g/mol. The van der Waals surface area contributed by atoms with Crippen LogP contribution in [0.5, 0.6) is 0 Å². The fraction of sp³-hybridized carbons (Fsp3) is 0.810. The topological polar surface area (TPSA) is 12.0 Å². The Bertz CT molecular complexity index is 547. The van der Waals surface area contributed by atoms with Crippen molar-refractivity contribution in [2.24, 2.45) is 23.7 Å². The smallest absolute Gasteiger partial charge is 0.123 e. The fourth-order valence-electron chi connectivity index (χ4n) is 5.98. The molecule has 1 nitrogen and oxygen atoms in total. The van der Waals surface area contributed by atoms with E-state index in [-0.39, 0.29) is 5.54 Å². The number of hydrogen-bond donors (Lipinski definition) is 1. The molecule has 132 valence electrons. The van der Waals surface area contributed by atoms with E-state index in [9.17, 15) is 0 Å². The van der Waals surface area contributed by atoms with Crippen LogP contribution >= 0.6 is 0 Å². The summed E-state index contributed by atoms with van der Waals surface area (Å²) in [5, 5.41) is 0. The Labute approximate surface area is 146 Å². The second-order valence-corrected chi connectivity index (χ2v) is 14.4. The van der Waals surface area contributed by atoms with Gasteiger partial charge in [0.1, 0.15) is 8.24 Å². The van der Waals surface area contributed by atoms with E-state index in [2.05, 4.69) is 80.4 Å². The third-order valence-electron chi connectivity index (χ3n) is 7.01. The van der Waals surface area contributed by atoms with Gasteiger partial charge in [-0.3, -0.25) is 0 Å². The zero-order valence-electron chi connectivity index (χ0n) is 17.4. The van der Waals surface area contributed by atoms with E-state index in [0.717, 1.165) is 29.2 Å². The third-order valence-corrected chi connectivity index (χ3v) is 11.0. The maximum atomic E-state index is 4.08. The van der Waals surface area contributed by atoms with Crippen LogP contribution in [-0.4, -0.2) is 13.8 Å². The first-order chi connectivity index (χ1) is 10.3. The molecule has 0 heterocycles. The summed E-state index contributed by atoms with van der Waals surface area (Å²) in [6.45, 7) is 26.7. The largest absolute Gasteiger partial charge is 0.332 e. The average molecular weight is 334 g/mol. The molecule has 0 saturated heterocycles. The van der Waals surface area contributed by atoms with Crippen LogP contribution in [0.25, 0.3) is 0 Å². The normalized spacial score (nSPS) is 35.9. The molecule has 1 fully saturated rings. The molecule has 0 radical (unpaired) electrons. The van der Waals surface area contributed by atoms with E-state index < -0.39 is 8.24 Å². The van der Waals surface area contributed by atoms with Crippen LogP contribution in [0.3, 0.4) is 0 Å². The number of hydrogen-bond acceptors (Lipinski definition) is 1. The van der Waals surface area contributed by atoms with E-state index in [4.69, 9.17) is 0 Å². The van der Waals surface area contributed by atoms with Crippen molar-refractivity contribution in [1.29, 1.82) is 0 Å². The lowest BCUT2D eigenvalue weighted by molar-refractivity contribution is 0.370. The Morgan fingerprint density at radius 3 is 1.65 bits per heavy atom. The molecule has 0 aromatic heterocycles. The van der Waals surface area contributed by atoms with Gasteiger partial charge in [0.2, 0.25) is 0 Å². The summed E-state index contributed by atoms with van der Waals surface area (Å²) in [6.07, 6.45) is 0. The van der Waals surface area contributed by atoms with Crippen molar-refractivity contribution in [1.82, 2.24) is 4.98 Å². The average Bonchev–Trinajstić information content (AvgIpc) is 2.65. The van der Waals surface area contributed by atoms with Crippen LogP contribution in [0.4, 0.5) is 0 Å². The summed E-state index contributed by atoms with van der Waals surface area (Å²) in [4.78, 5) is 4.08. The standard InChI is InChI=1S/C21H39NSi/c1-12-13(2)15(4)19-18(14(12)3)16(5)17(6)20(19)23(10,11)22-21(7,8)9/h16-20,22H,1-11H3. The molecule has 0 aromatic carbocycles. The predicted octanol–water partition coefficient (Wildman–Crippen LogP) is 6.15. The lowest BCUT2D eigenvalue weighted by atomic mass is 9.72. The molecule has 0 aromatic rings. The van der Waals surface area contributed by atoms with Gasteiger partial charge in [0.25, 0.3) is 0 Å². The molecule has 1 N–H and O–H groups in total. The maximum absolute atomic E-state index is 4.08. The molecule has 5 atom stereocenters. The first-order valence-corrected chi connectivity index (χ1v) is 12.5. The second kappa shape index (κ2) is 5.88. The van der Waals surface area contributed by atoms with E-state index >= 15 is 0 Å². The summed E-state index contributed by atoms with van der Waals surface area (Å²) < 4.78 is 0. The number of fused-ring (bicyclic) bond motifs is 1. The van der Waals surface area contributed by atoms with Crippen molar-refractivity contribution in [3.05, 3.63) is 22.3 Å². The molecule has 0 bridgehead atoms. The van der Waals surface area contributed by atoms with Gasteiger partial charge >= 0.3 is 0 Å². The lowest BCUT2D eigenvalue weighted by Crippen LogP contribution is -2.59. The Morgan fingerprint density at radius 1 is 0.783 bits per heavy atom. The van der Waals surface area contributed by atoms with E-state index in [1.54, 1.807) is 22.3 Å². The molecule has 0 spiro atoms. The summed E-state index contributed by atoms with van der Waals surface area (Å²) in [7, 11) is -1.55. The van der Waals surface area contributed by atoms with Crippen molar-refractivity contribution in [2.75, 3.05) is 0 Å². The Balaban J connectivity index is 2.51. The van der Waals surface area contributed by atoms with Crippen LogP contribution < -0.4 is 4.98 Å². The van der Waals surface area contributed by atoms with Crippen LogP contribution in [0.2, 0.25) is 18.6 Å². The highest BCUT2D eigenvalue weighted by Crippen LogP contribution is 2.60. The van der Waals surface area contributed by atoms with E-state index in [0.29, 0.717) is 0 Å². The van der Waals surface area contributed by atoms with Crippen LogP contribution in [0.15, 0.2) is 22.3 Å². The molecular formula is C21H39NSi. The lowest BCUT2D eigenvalue weighted by Gasteiger charge is -2.44. The van der Waals surface area contributed by atoms with Crippen molar-refractivity contribution in [3.63, 3.8) is 0 Å². The van der Waals surface area contributed by atoms with Gasteiger partial charge in [0.15, 0.2) is 0 Å². The molecule has 5 unspecified atom stereocenters. The molecule has 23 heavy (non-hydrogen) atoms. The monoisotopic (exact) mass is 333 g/mol. The number of rotatable bonds is 2.